The predicted octanol–water partition coefficient (Wildman–Crippen LogP) is 4.15. The minimum Gasteiger partial charge on any atom is -0.369 e. The molecule has 1 saturated carbocycles. The van der Waals surface area contributed by atoms with Crippen LogP contribution in [-0.2, 0) is 6.54 Å². The van der Waals surface area contributed by atoms with E-state index in [1.165, 1.54) is 5.56 Å². The van der Waals surface area contributed by atoms with Crippen LogP contribution < -0.4 is 10.5 Å². The molecule has 1 aliphatic carbocycles. The average Bonchev–Trinajstić information content (AvgIpc) is 3.11. The Hall–Kier alpha value is -1.74. The van der Waals surface area contributed by atoms with Crippen LogP contribution in [0.4, 0.5) is 5.69 Å². The van der Waals surface area contributed by atoms with Crippen molar-refractivity contribution in [1.82, 2.24) is 4.57 Å². The summed E-state index contributed by atoms with van der Waals surface area (Å²) in [7, 11) is 0. The van der Waals surface area contributed by atoms with E-state index in [-0.39, 0.29) is 5.56 Å². The Bertz CT molecular complexity index is 774. The molecule has 126 valence electrons. The van der Waals surface area contributed by atoms with Crippen LogP contribution in [0.1, 0.15) is 31.2 Å². The number of anilines is 1. The molecule has 24 heavy (non-hydrogen) atoms. The molecule has 0 spiro atoms. The van der Waals surface area contributed by atoms with E-state index < -0.39 is 0 Å². The van der Waals surface area contributed by atoms with Gasteiger partial charge in [0.2, 0.25) is 0 Å². The van der Waals surface area contributed by atoms with Crippen molar-refractivity contribution >= 4 is 17.3 Å². The Kier molecular flexibility index (Phi) is 4.13. The first-order valence-corrected chi connectivity index (χ1v) is 9.27. The largest absolute Gasteiger partial charge is 0.369 e. The smallest absolute Gasteiger partial charge is 0.271 e. The number of aromatic nitrogens is 1. The molecule has 1 aromatic carbocycles. The van der Waals surface area contributed by atoms with Crippen molar-refractivity contribution in [3.05, 3.63) is 63.5 Å². The zero-order chi connectivity index (χ0) is 16.7. The van der Waals surface area contributed by atoms with Crippen molar-refractivity contribution in [2.75, 3.05) is 18.0 Å². The lowest BCUT2D eigenvalue weighted by molar-refractivity contribution is 0.612. The standard InChI is InChI=1S/C20H23ClN2O/c1-2-3-10-22-11-9-17(19(21)20(22)24)23-12-15-16(13-23)18(15)14-7-5-4-6-8-14/h4-9,11,15-16,18H,2-3,10,12-13H2,1H3. The molecule has 0 radical (unpaired) electrons. The lowest BCUT2D eigenvalue weighted by atomic mass is 10.1. The summed E-state index contributed by atoms with van der Waals surface area (Å²) in [6.07, 6.45) is 3.97. The summed E-state index contributed by atoms with van der Waals surface area (Å²) in [5.74, 6) is 2.09. The van der Waals surface area contributed by atoms with E-state index in [9.17, 15) is 4.79 Å². The topological polar surface area (TPSA) is 25.2 Å². The molecular formula is C20H23ClN2O. The normalized spacial score (nSPS) is 24.9. The van der Waals surface area contributed by atoms with Crippen molar-refractivity contribution < 1.29 is 0 Å². The molecule has 4 heteroatoms. The van der Waals surface area contributed by atoms with Gasteiger partial charge in [0.25, 0.3) is 5.56 Å². The van der Waals surface area contributed by atoms with E-state index in [0.29, 0.717) is 22.8 Å². The van der Waals surface area contributed by atoms with Crippen molar-refractivity contribution in [1.29, 1.82) is 0 Å². The van der Waals surface area contributed by atoms with Crippen LogP contribution in [-0.4, -0.2) is 17.7 Å². The number of fused-ring (bicyclic) bond motifs is 1. The minimum absolute atomic E-state index is 0.0530. The van der Waals surface area contributed by atoms with E-state index >= 15 is 0 Å². The number of benzene rings is 1. The summed E-state index contributed by atoms with van der Waals surface area (Å²) < 4.78 is 1.74. The number of aryl methyl sites for hydroxylation is 1. The fraction of sp³-hybridized carbons (Fsp3) is 0.450. The summed E-state index contributed by atoms with van der Waals surface area (Å²) in [6.45, 7) is 4.88. The average molecular weight is 343 g/mol. The van der Waals surface area contributed by atoms with Crippen LogP contribution in [0, 0.1) is 11.8 Å². The SMILES string of the molecule is CCCCn1ccc(N2CC3C(C2)C3c2ccccc2)c(Cl)c1=O. The third-order valence-electron chi connectivity index (χ3n) is 5.56. The van der Waals surface area contributed by atoms with Gasteiger partial charge in [0.05, 0.1) is 5.69 Å². The minimum atomic E-state index is -0.0530. The fourth-order valence-electron chi connectivity index (χ4n) is 4.18. The number of nitrogens with zero attached hydrogens (tertiary/aromatic N) is 2. The second-order valence-electron chi connectivity index (χ2n) is 7.04. The van der Waals surface area contributed by atoms with Gasteiger partial charge in [0, 0.05) is 25.8 Å². The van der Waals surface area contributed by atoms with Crippen LogP contribution >= 0.6 is 11.6 Å². The summed E-state index contributed by atoms with van der Waals surface area (Å²) in [5, 5.41) is 0.381. The predicted molar refractivity (Wildman–Crippen MR) is 99.0 cm³/mol. The highest BCUT2D eigenvalue weighted by molar-refractivity contribution is 6.33. The first-order chi connectivity index (χ1) is 11.7. The fourth-order valence-corrected chi connectivity index (χ4v) is 4.47. The number of hydrogen-bond acceptors (Lipinski definition) is 2. The first-order valence-electron chi connectivity index (χ1n) is 8.89. The molecular weight excluding hydrogens is 320 g/mol. The molecule has 2 aliphatic rings. The van der Waals surface area contributed by atoms with Gasteiger partial charge in [-0.1, -0.05) is 55.3 Å². The summed E-state index contributed by atoms with van der Waals surface area (Å²) in [4.78, 5) is 14.7. The zero-order valence-corrected chi connectivity index (χ0v) is 14.7. The quantitative estimate of drug-likeness (QED) is 0.815. The number of hydrogen-bond donors (Lipinski definition) is 0. The van der Waals surface area contributed by atoms with E-state index in [1.807, 2.05) is 12.3 Å². The monoisotopic (exact) mass is 342 g/mol. The van der Waals surface area contributed by atoms with Gasteiger partial charge in [-0.15, -0.1) is 0 Å². The van der Waals surface area contributed by atoms with Crippen molar-refractivity contribution in [2.45, 2.75) is 32.2 Å². The Balaban J connectivity index is 1.48. The Morgan fingerprint density at radius 1 is 1.12 bits per heavy atom. The molecule has 0 N–H and O–H groups in total. The van der Waals surface area contributed by atoms with Gasteiger partial charge in [0.15, 0.2) is 0 Å². The van der Waals surface area contributed by atoms with Gasteiger partial charge < -0.3 is 9.47 Å². The van der Waals surface area contributed by atoms with Gasteiger partial charge in [-0.2, -0.15) is 0 Å². The van der Waals surface area contributed by atoms with Gasteiger partial charge in [-0.05, 0) is 35.8 Å². The van der Waals surface area contributed by atoms with Gasteiger partial charge in [0.1, 0.15) is 5.02 Å². The van der Waals surface area contributed by atoms with E-state index in [4.69, 9.17) is 11.6 Å². The summed E-state index contributed by atoms with van der Waals surface area (Å²) >= 11 is 6.40. The molecule has 0 bridgehead atoms. The lowest BCUT2D eigenvalue weighted by Crippen LogP contribution is -2.28. The molecule has 4 rings (SSSR count). The van der Waals surface area contributed by atoms with Crippen LogP contribution in [0.25, 0.3) is 0 Å². The number of unbranched alkanes of at least 4 members (excludes halogenated alkanes) is 1. The Morgan fingerprint density at radius 3 is 2.50 bits per heavy atom. The van der Waals surface area contributed by atoms with E-state index in [0.717, 1.165) is 38.2 Å². The molecule has 2 aromatic rings. The maximum Gasteiger partial charge on any atom is 0.271 e. The first kappa shape index (κ1) is 15.8. The van der Waals surface area contributed by atoms with Gasteiger partial charge >= 0.3 is 0 Å². The van der Waals surface area contributed by atoms with Crippen LogP contribution in [0.3, 0.4) is 0 Å². The van der Waals surface area contributed by atoms with Crippen molar-refractivity contribution in [3.8, 4) is 0 Å². The van der Waals surface area contributed by atoms with Crippen molar-refractivity contribution in [2.24, 2.45) is 11.8 Å². The number of rotatable bonds is 5. The second-order valence-corrected chi connectivity index (χ2v) is 7.41. The molecule has 1 saturated heterocycles. The molecule has 2 unspecified atom stereocenters. The zero-order valence-electron chi connectivity index (χ0n) is 14.0. The van der Waals surface area contributed by atoms with Crippen LogP contribution in [0.2, 0.25) is 5.02 Å². The second kappa shape index (κ2) is 6.29. The molecule has 0 amide bonds. The maximum absolute atomic E-state index is 12.4. The highest BCUT2D eigenvalue weighted by atomic mass is 35.5. The summed E-state index contributed by atoms with van der Waals surface area (Å²) in [5.41, 5.74) is 2.31. The Morgan fingerprint density at radius 2 is 1.83 bits per heavy atom. The molecule has 2 heterocycles. The van der Waals surface area contributed by atoms with Gasteiger partial charge in [-0.25, -0.2) is 0 Å². The number of pyridine rings is 1. The van der Waals surface area contributed by atoms with Crippen molar-refractivity contribution in [3.63, 3.8) is 0 Å². The van der Waals surface area contributed by atoms with E-state index in [2.05, 4.69) is 42.2 Å². The molecule has 1 aliphatic heterocycles. The highest BCUT2D eigenvalue weighted by Gasteiger charge is 2.56. The summed E-state index contributed by atoms with van der Waals surface area (Å²) in [6, 6.07) is 12.8. The number of piperidine rings is 1. The van der Waals surface area contributed by atoms with E-state index in [1.54, 1.807) is 4.57 Å². The third-order valence-corrected chi connectivity index (χ3v) is 5.91. The number of halogens is 1. The molecule has 2 atom stereocenters. The van der Waals surface area contributed by atoms with Crippen LogP contribution in [0.15, 0.2) is 47.4 Å². The molecule has 3 nitrogen and oxygen atoms in total. The van der Waals surface area contributed by atoms with Crippen LogP contribution in [0.5, 0.6) is 0 Å². The lowest BCUT2D eigenvalue weighted by Gasteiger charge is -2.23. The van der Waals surface area contributed by atoms with Gasteiger partial charge in [-0.3, -0.25) is 4.79 Å². The molecule has 2 fully saturated rings. The maximum atomic E-state index is 12.4. The highest BCUT2D eigenvalue weighted by Crippen LogP contribution is 2.58. The Labute approximate surface area is 147 Å². The third kappa shape index (κ3) is 2.65. The molecule has 1 aromatic heterocycles.